The van der Waals surface area contributed by atoms with Gasteiger partial charge in [-0.15, -0.1) is 0 Å². The van der Waals surface area contributed by atoms with Gasteiger partial charge in [-0.1, -0.05) is 17.7 Å². The number of hydrogen-bond donors (Lipinski definition) is 2. The van der Waals surface area contributed by atoms with Crippen LogP contribution in [-0.4, -0.2) is 53.5 Å². The van der Waals surface area contributed by atoms with Crippen molar-refractivity contribution >= 4 is 43.3 Å². The minimum absolute atomic E-state index is 0.00414. The van der Waals surface area contributed by atoms with E-state index in [1.807, 2.05) is 6.92 Å². The molecular formula is C29H31N5O7S2. The second kappa shape index (κ2) is 12.7. The second-order valence-corrected chi connectivity index (χ2v) is 13.1. The SMILES string of the molecule is COc1ccc(N(CC(=O)Nc2ccc(S(=O)(=O)Nc3nc(C)cc(C)n3)cc2)S(=O)(=O)c2ccc(C)cc2)cc1OC. The van der Waals surface area contributed by atoms with Crippen molar-refractivity contribution in [1.29, 1.82) is 0 Å². The van der Waals surface area contributed by atoms with Crippen LogP contribution in [0.15, 0.2) is 82.6 Å². The number of nitrogens with zero attached hydrogens (tertiary/aromatic N) is 3. The Hall–Kier alpha value is -4.69. The van der Waals surface area contributed by atoms with Crippen LogP contribution in [0.3, 0.4) is 0 Å². The molecule has 0 unspecified atom stereocenters. The molecule has 0 aliphatic rings. The number of aryl methyl sites for hydroxylation is 3. The summed E-state index contributed by atoms with van der Waals surface area (Å²) >= 11 is 0. The van der Waals surface area contributed by atoms with Gasteiger partial charge in [0.15, 0.2) is 11.5 Å². The van der Waals surface area contributed by atoms with Gasteiger partial charge in [-0.3, -0.25) is 9.10 Å². The van der Waals surface area contributed by atoms with E-state index in [2.05, 4.69) is 20.0 Å². The fourth-order valence-electron chi connectivity index (χ4n) is 4.13. The highest BCUT2D eigenvalue weighted by Crippen LogP contribution is 2.34. The number of aromatic nitrogens is 2. The van der Waals surface area contributed by atoms with Gasteiger partial charge in [0.1, 0.15) is 6.54 Å². The number of rotatable bonds is 11. The number of ether oxygens (including phenoxy) is 2. The largest absolute Gasteiger partial charge is 0.493 e. The molecule has 1 aromatic heterocycles. The normalized spacial score (nSPS) is 11.5. The number of carbonyl (C=O) groups excluding carboxylic acids is 1. The van der Waals surface area contributed by atoms with Crippen molar-refractivity contribution in [1.82, 2.24) is 9.97 Å². The van der Waals surface area contributed by atoms with Gasteiger partial charge in [-0.25, -0.2) is 31.5 Å². The summed E-state index contributed by atoms with van der Waals surface area (Å²) in [5.74, 6) is -0.0547. The molecule has 0 aliphatic heterocycles. The zero-order chi connectivity index (χ0) is 31.4. The molecule has 3 aromatic carbocycles. The summed E-state index contributed by atoms with van der Waals surface area (Å²) in [6.07, 6.45) is 0. The molecule has 0 fully saturated rings. The van der Waals surface area contributed by atoms with Crippen LogP contribution in [0.25, 0.3) is 0 Å². The van der Waals surface area contributed by atoms with Crippen molar-refractivity contribution in [3.8, 4) is 11.5 Å². The fraction of sp³-hybridized carbons (Fsp3) is 0.207. The lowest BCUT2D eigenvalue weighted by atomic mass is 10.2. The lowest BCUT2D eigenvalue weighted by Gasteiger charge is -2.25. The average molecular weight is 626 g/mol. The van der Waals surface area contributed by atoms with Crippen LogP contribution in [0.5, 0.6) is 11.5 Å². The van der Waals surface area contributed by atoms with Gasteiger partial charge >= 0.3 is 0 Å². The van der Waals surface area contributed by atoms with Crippen molar-refractivity contribution in [3.05, 3.63) is 89.7 Å². The van der Waals surface area contributed by atoms with Gasteiger partial charge in [-0.2, -0.15) is 0 Å². The maximum Gasteiger partial charge on any atom is 0.264 e. The number of sulfonamides is 2. The third-order valence-electron chi connectivity index (χ3n) is 6.21. The maximum absolute atomic E-state index is 13.7. The smallest absolute Gasteiger partial charge is 0.264 e. The fourth-order valence-corrected chi connectivity index (χ4v) is 6.49. The summed E-state index contributed by atoms with van der Waals surface area (Å²) in [6, 6.07) is 17.9. The molecule has 12 nitrogen and oxygen atoms in total. The zero-order valence-electron chi connectivity index (χ0n) is 24.2. The van der Waals surface area contributed by atoms with Gasteiger partial charge in [-0.05, 0) is 75.4 Å². The van der Waals surface area contributed by atoms with Crippen LogP contribution in [0.2, 0.25) is 0 Å². The lowest BCUT2D eigenvalue weighted by molar-refractivity contribution is -0.114. The Morgan fingerprint density at radius 2 is 1.35 bits per heavy atom. The number of nitrogens with one attached hydrogen (secondary N) is 2. The number of methoxy groups -OCH3 is 2. The Labute approximate surface area is 250 Å². The van der Waals surface area contributed by atoms with Crippen LogP contribution in [0.1, 0.15) is 17.0 Å². The standard InChI is InChI=1S/C29H31N5O7S2/c1-19-6-11-25(12-7-19)43(38,39)34(23-10-15-26(40-4)27(17-23)41-5)18-28(35)32-22-8-13-24(14-9-22)42(36,37)33-29-30-20(2)16-21(3)31-29/h6-17H,18H2,1-5H3,(H,32,35)(H,30,31,33). The molecule has 0 bridgehead atoms. The van der Waals surface area contributed by atoms with Gasteiger partial charge in [0.2, 0.25) is 11.9 Å². The highest BCUT2D eigenvalue weighted by atomic mass is 32.2. The van der Waals surface area contributed by atoms with E-state index in [1.165, 1.54) is 62.8 Å². The quantitative estimate of drug-likeness (QED) is 0.251. The molecule has 4 rings (SSSR count). The summed E-state index contributed by atoms with van der Waals surface area (Å²) in [5, 5.41) is 2.63. The van der Waals surface area contributed by atoms with Crippen molar-refractivity contribution in [2.24, 2.45) is 0 Å². The number of hydrogen-bond acceptors (Lipinski definition) is 9. The zero-order valence-corrected chi connectivity index (χ0v) is 25.8. The van der Waals surface area contributed by atoms with E-state index in [9.17, 15) is 21.6 Å². The Morgan fingerprint density at radius 3 is 1.93 bits per heavy atom. The number of amides is 1. The highest BCUT2D eigenvalue weighted by molar-refractivity contribution is 7.93. The van der Waals surface area contributed by atoms with E-state index in [4.69, 9.17) is 9.47 Å². The predicted molar refractivity (Wildman–Crippen MR) is 163 cm³/mol. The topological polar surface area (TPSA) is 157 Å². The summed E-state index contributed by atoms with van der Waals surface area (Å²) < 4.78 is 67.1. The van der Waals surface area contributed by atoms with Crippen LogP contribution in [0.4, 0.5) is 17.3 Å². The minimum Gasteiger partial charge on any atom is -0.493 e. The summed E-state index contributed by atoms with van der Waals surface area (Å²) in [5.41, 5.74) is 2.52. The highest BCUT2D eigenvalue weighted by Gasteiger charge is 2.28. The molecule has 1 amide bonds. The summed E-state index contributed by atoms with van der Waals surface area (Å²) in [7, 11) is -5.33. The van der Waals surface area contributed by atoms with Gasteiger partial charge in [0, 0.05) is 23.1 Å². The molecule has 0 aliphatic carbocycles. The lowest BCUT2D eigenvalue weighted by Crippen LogP contribution is -2.38. The van der Waals surface area contributed by atoms with E-state index in [0.717, 1.165) is 9.87 Å². The molecule has 0 saturated heterocycles. The van der Waals surface area contributed by atoms with Gasteiger partial charge < -0.3 is 14.8 Å². The number of carbonyl (C=O) groups is 1. The first-order valence-electron chi connectivity index (χ1n) is 12.9. The molecule has 0 atom stereocenters. The molecule has 0 radical (unpaired) electrons. The van der Waals surface area contributed by atoms with Crippen molar-refractivity contribution in [3.63, 3.8) is 0 Å². The molecule has 14 heteroatoms. The molecule has 0 spiro atoms. The third-order valence-corrected chi connectivity index (χ3v) is 9.34. The summed E-state index contributed by atoms with van der Waals surface area (Å²) in [4.78, 5) is 21.3. The molecule has 4 aromatic rings. The van der Waals surface area contributed by atoms with Gasteiger partial charge in [0.05, 0.1) is 29.7 Å². The Kier molecular flexibility index (Phi) is 9.21. The minimum atomic E-state index is -4.19. The monoisotopic (exact) mass is 625 g/mol. The van der Waals surface area contributed by atoms with E-state index in [1.54, 1.807) is 38.1 Å². The molecular weight excluding hydrogens is 594 g/mol. The summed E-state index contributed by atoms with van der Waals surface area (Å²) in [6.45, 7) is 4.70. The molecule has 43 heavy (non-hydrogen) atoms. The maximum atomic E-state index is 13.7. The van der Waals surface area contributed by atoms with Crippen LogP contribution >= 0.6 is 0 Å². The predicted octanol–water partition coefficient (Wildman–Crippen LogP) is 4.05. The average Bonchev–Trinajstić information content (AvgIpc) is 2.95. The molecule has 1 heterocycles. The van der Waals surface area contributed by atoms with E-state index < -0.39 is 32.5 Å². The molecule has 226 valence electrons. The molecule has 2 N–H and O–H groups in total. The van der Waals surface area contributed by atoms with Crippen LogP contribution in [0, 0.1) is 20.8 Å². The first-order chi connectivity index (χ1) is 20.3. The Balaban J connectivity index is 1.57. The van der Waals surface area contributed by atoms with Crippen molar-refractivity contribution in [2.75, 3.05) is 35.1 Å². The first-order valence-corrected chi connectivity index (χ1v) is 15.8. The van der Waals surface area contributed by atoms with E-state index >= 15 is 0 Å². The Morgan fingerprint density at radius 1 is 0.767 bits per heavy atom. The van der Waals surface area contributed by atoms with E-state index in [-0.39, 0.29) is 32.9 Å². The number of anilines is 3. The van der Waals surface area contributed by atoms with Gasteiger partial charge in [0.25, 0.3) is 20.0 Å². The second-order valence-electron chi connectivity index (χ2n) is 9.52. The molecule has 0 saturated carbocycles. The number of benzene rings is 3. The van der Waals surface area contributed by atoms with Crippen LogP contribution in [-0.2, 0) is 24.8 Å². The third kappa shape index (κ3) is 7.40. The van der Waals surface area contributed by atoms with E-state index in [0.29, 0.717) is 17.1 Å². The van der Waals surface area contributed by atoms with Crippen molar-refractivity contribution < 1.29 is 31.1 Å². The Bertz CT molecular complexity index is 1830. The van der Waals surface area contributed by atoms with Crippen molar-refractivity contribution in [2.45, 2.75) is 30.6 Å². The first kappa shape index (κ1) is 31.3. The van der Waals surface area contributed by atoms with Crippen LogP contribution < -0.4 is 23.8 Å².